The molecule has 0 spiro atoms. The van der Waals surface area contributed by atoms with Crippen LogP contribution in [-0.4, -0.2) is 15.5 Å². The zero-order valence-electron chi connectivity index (χ0n) is 20.8. The van der Waals surface area contributed by atoms with Gasteiger partial charge in [-0.05, 0) is 48.7 Å². The summed E-state index contributed by atoms with van der Waals surface area (Å²) in [4.78, 5) is 17.5. The van der Waals surface area contributed by atoms with Gasteiger partial charge < -0.3 is 9.88 Å². The van der Waals surface area contributed by atoms with Gasteiger partial charge in [0.25, 0.3) is 0 Å². The summed E-state index contributed by atoms with van der Waals surface area (Å²) < 4.78 is 2.31. The van der Waals surface area contributed by atoms with Crippen LogP contribution in [0, 0.1) is 13.8 Å². The van der Waals surface area contributed by atoms with Crippen molar-refractivity contribution in [3.63, 3.8) is 0 Å². The Hall–Kier alpha value is -4.18. The molecule has 1 atom stereocenters. The molecule has 2 heterocycles. The summed E-state index contributed by atoms with van der Waals surface area (Å²) in [6.07, 6.45) is 4.36. The van der Waals surface area contributed by atoms with Gasteiger partial charge in [-0.3, -0.25) is 9.78 Å². The maximum atomic E-state index is 13.2. The van der Waals surface area contributed by atoms with Crippen LogP contribution in [0.25, 0.3) is 10.9 Å². The lowest BCUT2D eigenvalue weighted by Crippen LogP contribution is -2.25. The molecule has 3 aromatic carbocycles. The van der Waals surface area contributed by atoms with Crippen LogP contribution in [0.3, 0.4) is 0 Å². The van der Waals surface area contributed by atoms with Crippen molar-refractivity contribution in [2.45, 2.75) is 39.3 Å². The normalized spacial score (nSPS) is 11.9. The Labute approximate surface area is 212 Å². The fourth-order valence-corrected chi connectivity index (χ4v) is 4.82. The number of hydrogen-bond acceptors (Lipinski definition) is 2. The molecule has 0 aliphatic heterocycles. The number of fused-ring (bicyclic) bond motifs is 1. The van der Waals surface area contributed by atoms with E-state index in [9.17, 15) is 4.79 Å². The van der Waals surface area contributed by atoms with Crippen molar-refractivity contribution in [1.82, 2.24) is 14.9 Å². The molecule has 1 N–H and O–H groups in total. The van der Waals surface area contributed by atoms with Crippen molar-refractivity contribution in [3.8, 4) is 0 Å². The van der Waals surface area contributed by atoms with Crippen LogP contribution in [0.4, 0.5) is 0 Å². The molecule has 4 nitrogen and oxygen atoms in total. The van der Waals surface area contributed by atoms with E-state index in [1.165, 1.54) is 33.2 Å². The lowest BCUT2D eigenvalue weighted by Gasteiger charge is -2.18. The van der Waals surface area contributed by atoms with Gasteiger partial charge in [0.05, 0.1) is 12.2 Å². The quantitative estimate of drug-likeness (QED) is 0.278. The van der Waals surface area contributed by atoms with Crippen molar-refractivity contribution in [2.24, 2.45) is 0 Å². The predicted molar refractivity (Wildman–Crippen MR) is 146 cm³/mol. The van der Waals surface area contributed by atoms with E-state index >= 15 is 0 Å². The first-order valence-corrected chi connectivity index (χ1v) is 12.4. The summed E-state index contributed by atoms with van der Waals surface area (Å²) in [5.74, 6) is -0.0414. The van der Waals surface area contributed by atoms with Crippen LogP contribution in [-0.2, 0) is 17.9 Å². The Balaban J connectivity index is 1.49. The number of benzene rings is 3. The minimum absolute atomic E-state index is 0.0162. The number of rotatable bonds is 8. The predicted octanol–water partition coefficient (Wildman–Crippen LogP) is 6.54. The van der Waals surface area contributed by atoms with E-state index in [0.717, 1.165) is 17.8 Å². The number of nitrogens with one attached hydrogen (secondary N) is 1. The van der Waals surface area contributed by atoms with E-state index in [0.29, 0.717) is 13.0 Å². The first-order valence-electron chi connectivity index (χ1n) is 12.4. The number of aromatic nitrogens is 2. The molecule has 0 fully saturated rings. The van der Waals surface area contributed by atoms with E-state index in [2.05, 4.69) is 108 Å². The molecule has 0 aliphatic rings. The molecule has 1 amide bonds. The first-order chi connectivity index (χ1) is 17.6. The molecule has 0 bridgehead atoms. The Bertz CT molecular complexity index is 1470. The van der Waals surface area contributed by atoms with E-state index in [4.69, 9.17) is 0 Å². The number of aryl methyl sites for hydroxylation is 2. The standard InChI is InChI=1S/C32H31N3O/c1-23-13-15-25(16-14-23)21-35-22-30(28-11-3-4-12-31(28)35)29(26-9-7-8-24(2)18-26)19-32(36)34-20-27-10-5-6-17-33-27/h3-18,22,29H,19-21H2,1-2H3,(H,34,36). The Morgan fingerprint density at radius 1 is 0.889 bits per heavy atom. The topological polar surface area (TPSA) is 46.9 Å². The lowest BCUT2D eigenvalue weighted by atomic mass is 9.87. The van der Waals surface area contributed by atoms with Crippen LogP contribution in [0.1, 0.15) is 45.8 Å². The number of amides is 1. The van der Waals surface area contributed by atoms with Gasteiger partial charge in [0, 0.05) is 42.2 Å². The fourth-order valence-electron chi connectivity index (χ4n) is 4.82. The summed E-state index contributed by atoms with van der Waals surface area (Å²) >= 11 is 0. The number of carbonyl (C=O) groups excluding carboxylic acids is 1. The number of hydrogen-bond donors (Lipinski definition) is 1. The SMILES string of the molecule is Cc1ccc(Cn2cc(C(CC(=O)NCc3ccccn3)c3cccc(C)c3)c3ccccc32)cc1. The van der Waals surface area contributed by atoms with E-state index in [1.54, 1.807) is 6.20 Å². The average Bonchev–Trinajstić information content (AvgIpc) is 3.26. The Morgan fingerprint density at radius 3 is 2.47 bits per heavy atom. The van der Waals surface area contributed by atoms with E-state index in [-0.39, 0.29) is 11.8 Å². The maximum Gasteiger partial charge on any atom is 0.221 e. The summed E-state index contributed by atoms with van der Waals surface area (Å²) in [7, 11) is 0. The molecule has 1 unspecified atom stereocenters. The highest BCUT2D eigenvalue weighted by Crippen LogP contribution is 2.35. The molecule has 0 saturated carbocycles. The average molecular weight is 474 g/mol. The van der Waals surface area contributed by atoms with Crippen LogP contribution in [0.5, 0.6) is 0 Å². The highest BCUT2D eigenvalue weighted by molar-refractivity contribution is 5.86. The van der Waals surface area contributed by atoms with Gasteiger partial charge in [0.1, 0.15) is 0 Å². The van der Waals surface area contributed by atoms with Crippen LogP contribution in [0.15, 0.2) is 103 Å². The minimum Gasteiger partial charge on any atom is -0.350 e. The lowest BCUT2D eigenvalue weighted by molar-refractivity contribution is -0.121. The number of para-hydroxylation sites is 1. The van der Waals surface area contributed by atoms with Crippen molar-refractivity contribution >= 4 is 16.8 Å². The number of nitrogens with zero attached hydrogens (tertiary/aromatic N) is 2. The molecular formula is C32H31N3O. The van der Waals surface area contributed by atoms with Gasteiger partial charge in [0.15, 0.2) is 0 Å². The Kier molecular flexibility index (Phi) is 6.94. The third-order valence-electron chi connectivity index (χ3n) is 6.70. The first kappa shape index (κ1) is 23.6. The van der Waals surface area contributed by atoms with Crippen molar-refractivity contribution in [2.75, 3.05) is 0 Å². The zero-order valence-corrected chi connectivity index (χ0v) is 20.8. The van der Waals surface area contributed by atoms with E-state index in [1.807, 2.05) is 18.2 Å². The van der Waals surface area contributed by atoms with Crippen LogP contribution < -0.4 is 5.32 Å². The monoisotopic (exact) mass is 473 g/mol. The molecular weight excluding hydrogens is 442 g/mol. The second-order valence-electron chi connectivity index (χ2n) is 9.48. The molecule has 180 valence electrons. The number of carbonyl (C=O) groups is 1. The third kappa shape index (κ3) is 5.38. The molecule has 0 saturated heterocycles. The Morgan fingerprint density at radius 2 is 1.69 bits per heavy atom. The molecule has 36 heavy (non-hydrogen) atoms. The van der Waals surface area contributed by atoms with Gasteiger partial charge >= 0.3 is 0 Å². The van der Waals surface area contributed by atoms with Crippen LogP contribution >= 0.6 is 0 Å². The fraction of sp³-hybridized carbons (Fsp3) is 0.188. The van der Waals surface area contributed by atoms with Gasteiger partial charge in [-0.25, -0.2) is 0 Å². The summed E-state index contributed by atoms with van der Waals surface area (Å²) in [6.45, 7) is 5.42. The zero-order chi connectivity index (χ0) is 24.9. The molecule has 5 aromatic rings. The van der Waals surface area contributed by atoms with Gasteiger partial charge in [-0.15, -0.1) is 0 Å². The van der Waals surface area contributed by atoms with Crippen molar-refractivity contribution in [3.05, 3.63) is 137 Å². The van der Waals surface area contributed by atoms with Crippen molar-refractivity contribution < 1.29 is 4.79 Å². The minimum atomic E-state index is -0.0576. The second-order valence-corrected chi connectivity index (χ2v) is 9.48. The maximum absolute atomic E-state index is 13.2. The summed E-state index contributed by atoms with van der Waals surface area (Å²) in [6, 6.07) is 31.4. The molecule has 5 rings (SSSR count). The van der Waals surface area contributed by atoms with Gasteiger partial charge in [-0.1, -0.05) is 83.9 Å². The summed E-state index contributed by atoms with van der Waals surface area (Å²) in [5, 5.41) is 4.26. The highest BCUT2D eigenvalue weighted by atomic mass is 16.1. The summed E-state index contributed by atoms with van der Waals surface area (Å²) in [5.41, 5.74) is 8.07. The smallest absolute Gasteiger partial charge is 0.221 e. The van der Waals surface area contributed by atoms with Gasteiger partial charge in [-0.2, -0.15) is 0 Å². The number of pyridine rings is 1. The molecule has 0 aliphatic carbocycles. The van der Waals surface area contributed by atoms with Crippen molar-refractivity contribution in [1.29, 1.82) is 0 Å². The van der Waals surface area contributed by atoms with Crippen LogP contribution in [0.2, 0.25) is 0 Å². The third-order valence-corrected chi connectivity index (χ3v) is 6.70. The molecule has 2 aromatic heterocycles. The van der Waals surface area contributed by atoms with Gasteiger partial charge in [0.2, 0.25) is 5.91 Å². The molecule has 4 heteroatoms. The van der Waals surface area contributed by atoms with E-state index < -0.39 is 0 Å². The largest absolute Gasteiger partial charge is 0.350 e. The molecule has 0 radical (unpaired) electrons. The highest BCUT2D eigenvalue weighted by Gasteiger charge is 2.23. The second kappa shape index (κ2) is 10.6.